The van der Waals surface area contributed by atoms with Gasteiger partial charge in [0.15, 0.2) is 0 Å². The highest BCUT2D eigenvalue weighted by atomic mass is 32.1. The van der Waals surface area contributed by atoms with Crippen LogP contribution < -0.4 is 0 Å². The third kappa shape index (κ3) is 4.30. The molecule has 1 N–H and O–H groups in total. The Labute approximate surface area is 118 Å². The van der Waals surface area contributed by atoms with Gasteiger partial charge < -0.3 is 10.0 Å². The second kappa shape index (κ2) is 7.03. The van der Waals surface area contributed by atoms with Crippen LogP contribution in [0.5, 0.6) is 0 Å². The van der Waals surface area contributed by atoms with Crippen LogP contribution in [0.3, 0.4) is 0 Å². The van der Waals surface area contributed by atoms with E-state index in [1.807, 2.05) is 6.07 Å². The van der Waals surface area contributed by atoms with Crippen molar-refractivity contribution < 1.29 is 9.90 Å². The highest BCUT2D eigenvalue weighted by molar-refractivity contribution is 7.09. The van der Waals surface area contributed by atoms with E-state index >= 15 is 0 Å². The van der Waals surface area contributed by atoms with Crippen LogP contribution in [0.2, 0.25) is 0 Å². The summed E-state index contributed by atoms with van der Waals surface area (Å²) in [5.41, 5.74) is 0. The van der Waals surface area contributed by atoms with Crippen molar-refractivity contribution in [2.24, 2.45) is 0 Å². The van der Waals surface area contributed by atoms with E-state index in [0.717, 1.165) is 39.1 Å². The number of rotatable bonds is 6. The lowest BCUT2D eigenvalue weighted by Crippen LogP contribution is -2.51. The molecule has 19 heavy (non-hydrogen) atoms. The Morgan fingerprint density at radius 3 is 2.68 bits per heavy atom. The van der Waals surface area contributed by atoms with Gasteiger partial charge in [0.05, 0.1) is 6.42 Å². The molecule has 2 rings (SSSR count). The number of aliphatic carboxylic acids is 1. The van der Waals surface area contributed by atoms with Crippen LogP contribution in [0.4, 0.5) is 0 Å². The topological polar surface area (TPSA) is 43.8 Å². The van der Waals surface area contributed by atoms with E-state index in [9.17, 15) is 4.79 Å². The molecule has 2 heterocycles. The van der Waals surface area contributed by atoms with E-state index in [4.69, 9.17) is 5.11 Å². The second-order valence-corrected chi connectivity index (χ2v) is 6.04. The van der Waals surface area contributed by atoms with Crippen molar-refractivity contribution in [3.8, 4) is 0 Å². The molecule has 0 aromatic carbocycles. The molecule has 1 atom stereocenters. The summed E-state index contributed by atoms with van der Waals surface area (Å²) in [5, 5.41) is 11.2. The van der Waals surface area contributed by atoms with E-state index in [-0.39, 0.29) is 12.5 Å². The molecule has 0 bridgehead atoms. The number of carboxylic acids is 1. The summed E-state index contributed by atoms with van der Waals surface area (Å²) >= 11 is 1.72. The summed E-state index contributed by atoms with van der Waals surface area (Å²) in [5.74, 6) is -0.695. The Balaban J connectivity index is 1.95. The van der Waals surface area contributed by atoms with Gasteiger partial charge in [0.1, 0.15) is 0 Å². The zero-order valence-electron chi connectivity index (χ0n) is 11.4. The van der Waals surface area contributed by atoms with Gasteiger partial charge in [-0.15, -0.1) is 11.3 Å². The highest BCUT2D eigenvalue weighted by Crippen LogP contribution is 2.18. The van der Waals surface area contributed by atoms with Crippen molar-refractivity contribution in [3.63, 3.8) is 0 Å². The normalized spacial score (nSPS) is 19.4. The van der Waals surface area contributed by atoms with Gasteiger partial charge >= 0.3 is 5.97 Å². The molecule has 1 saturated heterocycles. The van der Waals surface area contributed by atoms with Crippen LogP contribution >= 0.6 is 11.3 Å². The number of likely N-dealkylation sites (N-methyl/N-ethyl adjacent to an activating group) is 1. The monoisotopic (exact) mass is 282 g/mol. The second-order valence-electron chi connectivity index (χ2n) is 5.01. The van der Waals surface area contributed by atoms with E-state index in [1.54, 1.807) is 11.3 Å². The number of thiophene rings is 1. The van der Waals surface area contributed by atoms with Gasteiger partial charge in [0, 0.05) is 37.1 Å². The summed E-state index contributed by atoms with van der Waals surface area (Å²) < 4.78 is 0. The molecule has 106 valence electrons. The summed E-state index contributed by atoms with van der Waals surface area (Å²) in [7, 11) is 0. The van der Waals surface area contributed by atoms with Crippen molar-refractivity contribution in [1.82, 2.24) is 9.80 Å². The lowest BCUT2D eigenvalue weighted by Gasteiger charge is -2.38. The Morgan fingerprint density at radius 1 is 1.42 bits per heavy atom. The van der Waals surface area contributed by atoms with Crippen LogP contribution in [0.25, 0.3) is 0 Å². The molecule has 1 aromatic heterocycles. The van der Waals surface area contributed by atoms with Gasteiger partial charge in [-0.3, -0.25) is 9.69 Å². The predicted octanol–water partition coefficient (Wildman–Crippen LogP) is 1.77. The quantitative estimate of drug-likeness (QED) is 0.863. The van der Waals surface area contributed by atoms with Gasteiger partial charge in [-0.05, 0) is 24.4 Å². The van der Waals surface area contributed by atoms with Crippen LogP contribution in [-0.4, -0.2) is 59.6 Å². The molecule has 1 aromatic rings. The molecule has 4 nitrogen and oxygen atoms in total. The smallest absolute Gasteiger partial charge is 0.304 e. The molecule has 0 amide bonds. The molecule has 1 fully saturated rings. The third-order valence-corrected chi connectivity index (χ3v) is 4.70. The first kappa shape index (κ1) is 14.5. The van der Waals surface area contributed by atoms with E-state index in [1.165, 1.54) is 4.88 Å². The fourth-order valence-corrected chi connectivity index (χ4v) is 3.42. The van der Waals surface area contributed by atoms with Crippen molar-refractivity contribution in [3.05, 3.63) is 22.4 Å². The molecule has 0 radical (unpaired) electrons. The standard InChI is InChI=1S/C14H22N2O2S/c1-2-15-5-7-16(8-6-15)12(11-14(17)18)10-13-4-3-9-19-13/h3-4,9,12H,2,5-8,10-11H2,1H3,(H,17,18). The first-order valence-corrected chi connectivity index (χ1v) is 7.77. The van der Waals surface area contributed by atoms with Crippen molar-refractivity contribution in [2.75, 3.05) is 32.7 Å². The van der Waals surface area contributed by atoms with E-state index in [0.29, 0.717) is 0 Å². The summed E-state index contributed by atoms with van der Waals surface area (Å²) in [6, 6.07) is 4.27. The number of carbonyl (C=O) groups is 1. The zero-order valence-corrected chi connectivity index (χ0v) is 12.2. The molecule has 1 unspecified atom stereocenters. The van der Waals surface area contributed by atoms with Gasteiger partial charge in [-0.1, -0.05) is 13.0 Å². The van der Waals surface area contributed by atoms with Crippen LogP contribution in [0, 0.1) is 0 Å². The molecule has 1 aliphatic rings. The molecule has 1 aliphatic heterocycles. The fourth-order valence-electron chi connectivity index (χ4n) is 2.64. The Bertz CT molecular complexity index is 386. The zero-order chi connectivity index (χ0) is 13.7. The number of nitrogens with zero attached hydrogens (tertiary/aromatic N) is 2. The van der Waals surface area contributed by atoms with Gasteiger partial charge in [0.25, 0.3) is 0 Å². The average molecular weight is 282 g/mol. The summed E-state index contributed by atoms with van der Waals surface area (Å²) in [6.07, 6.45) is 1.10. The van der Waals surface area contributed by atoms with Crippen molar-refractivity contribution in [2.45, 2.75) is 25.8 Å². The van der Waals surface area contributed by atoms with Crippen LogP contribution in [0.1, 0.15) is 18.2 Å². The lowest BCUT2D eigenvalue weighted by molar-refractivity contribution is -0.138. The maximum Gasteiger partial charge on any atom is 0.304 e. The minimum Gasteiger partial charge on any atom is -0.481 e. The van der Waals surface area contributed by atoms with Gasteiger partial charge in [-0.25, -0.2) is 0 Å². The number of hydrogen-bond acceptors (Lipinski definition) is 4. The summed E-state index contributed by atoms with van der Waals surface area (Å²) in [4.78, 5) is 17.1. The third-order valence-electron chi connectivity index (χ3n) is 3.80. The molecule has 0 aliphatic carbocycles. The number of carboxylic acid groups (broad SMARTS) is 1. The van der Waals surface area contributed by atoms with Crippen molar-refractivity contribution in [1.29, 1.82) is 0 Å². The molecule has 0 saturated carbocycles. The minimum absolute atomic E-state index is 0.134. The highest BCUT2D eigenvalue weighted by Gasteiger charge is 2.25. The maximum atomic E-state index is 11.1. The molecular weight excluding hydrogens is 260 g/mol. The predicted molar refractivity (Wildman–Crippen MR) is 77.8 cm³/mol. The van der Waals surface area contributed by atoms with Gasteiger partial charge in [-0.2, -0.15) is 0 Å². The molecule has 0 spiro atoms. The SMILES string of the molecule is CCN1CCN(C(CC(=O)O)Cc2cccs2)CC1. The van der Waals surface area contributed by atoms with E-state index < -0.39 is 5.97 Å². The van der Waals surface area contributed by atoms with E-state index in [2.05, 4.69) is 28.2 Å². The molecular formula is C14H22N2O2S. The number of piperazine rings is 1. The first-order chi connectivity index (χ1) is 9.19. The average Bonchev–Trinajstić information content (AvgIpc) is 2.90. The van der Waals surface area contributed by atoms with Gasteiger partial charge in [0.2, 0.25) is 0 Å². The van der Waals surface area contributed by atoms with Crippen LogP contribution in [-0.2, 0) is 11.2 Å². The maximum absolute atomic E-state index is 11.1. The molecule has 5 heteroatoms. The minimum atomic E-state index is -0.695. The lowest BCUT2D eigenvalue weighted by atomic mass is 10.1. The Morgan fingerprint density at radius 2 is 2.16 bits per heavy atom. The fraction of sp³-hybridized carbons (Fsp3) is 0.643. The number of hydrogen-bond donors (Lipinski definition) is 1. The largest absolute Gasteiger partial charge is 0.481 e. The van der Waals surface area contributed by atoms with Crippen molar-refractivity contribution >= 4 is 17.3 Å². The Kier molecular flexibility index (Phi) is 5.36. The Hall–Kier alpha value is -0.910. The van der Waals surface area contributed by atoms with Crippen LogP contribution in [0.15, 0.2) is 17.5 Å². The summed E-state index contributed by atoms with van der Waals surface area (Å²) in [6.45, 7) is 7.33. The first-order valence-electron chi connectivity index (χ1n) is 6.89.